The summed E-state index contributed by atoms with van der Waals surface area (Å²) in [5.41, 5.74) is 1.95. The minimum Gasteiger partial charge on any atom is -0.343 e. The minimum atomic E-state index is 0.729. The fourth-order valence-electron chi connectivity index (χ4n) is 3.24. The van der Waals surface area contributed by atoms with Crippen LogP contribution in [0.2, 0.25) is 5.02 Å². The number of nitrogens with zero attached hydrogens (tertiary/aromatic N) is 3. The number of likely N-dealkylation sites (N-methyl/N-ethyl adjacent to an activating group) is 1. The molecule has 4 rings (SSSR count). The Labute approximate surface area is 146 Å². The smallest absolute Gasteiger partial charge is 0.159 e. The van der Waals surface area contributed by atoms with Gasteiger partial charge in [0.1, 0.15) is 5.69 Å². The molecule has 24 heavy (non-hydrogen) atoms. The first-order valence-electron chi connectivity index (χ1n) is 8.30. The highest BCUT2D eigenvalue weighted by molar-refractivity contribution is 6.30. The maximum Gasteiger partial charge on any atom is 0.159 e. The number of hydrogen-bond donors (Lipinski definition) is 1. The van der Waals surface area contributed by atoms with Crippen LogP contribution in [0.4, 0.5) is 5.82 Å². The average molecular weight is 340 g/mol. The fourth-order valence-corrected chi connectivity index (χ4v) is 3.37. The second kappa shape index (κ2) is 6.38. The molecule has 122 valence electrons. The van der Waals surface area contributed by atoms with Gasteiger partial charge in [-0.2, -0.15) is 0 Å². The molecule has 1 aromatic heterocycles. The third kappa shape index (κ3) is 2.83. The van der Waals surface area contributed by atoms with Crippen molar-refractivity contribution in [3.8, 4) is 11.3 Å². The van der Waals surface area contributed by atoms with Gasteiger partial charge in [-0.15, -0.1) is 10.2 Å². The van der Waals surface area contributed by atoms with Crippen molar-refractivity contribution < 1.29 is 4.90 Å². The molecule has 0 radical (unpaired) electrons. The Morgan fingerprint density at radius 1 is 0.917 bits per heavy atom. The predicted octanol–water partition coefficient (Wildman–Crippen LogP) is 2.28. The number of rotatable bonds is 2. The second-order valence-corrected chi connectivity index (χ2v) is 6.81. The third-order valence-electron chi connectivity index (χ3n) is 4.70. The highest BCUT2D eigenvalue weighted by atomic mass is 35.5. The number of fused-ring (bicyclic) bond motifs is 1. The molecule has 0 atom stereocenters. The van der Waals surface area contributed by atoms with Gasteiger partial charge in [0, 0.05) is 21.4 Å². The van der Waals surface area contributed by atoms with Gasteiger partial charge in [0.2, 0.25) is 0 Å². The zero-order valence-corrected chi connectivity index (χ0v) is 14.4. The molecule has 0 aliphatic carbocycles. The van der Waals surface area contributed by atoms with Gasteiger partial charge in [0.15, 0.2) is 5.82 Å². The van der Waals surface area contributed by atoms with E-state index < -0.39 is 0 Å². The second-order valence-electron chi connectivity index (χ2n) is 6.37. The van der Waals surface area contributed by atoms with Crippen LogP contribution in [0.25, 0.3) is 22.0 Å². The molecule has 0 spiro atoms. The number of quaternary nitrogens is 1. The zero-order chi connectivity index (χ0) is 16.5. The van der Waals surface area contributed by atoms with Crippen molar-refractivity contribution in [2.45, 2.75) is 0 Å². The molecule has 0 amide bonds. The van der Waals surface area contributed by atoms with Crippen LogP contribution in [0, 0.1) is 0 Å². The number of benzene rings is 2. The van der Waals surface area contributed by atoms with E-state index in [2.05, 4.69) is 46.4 Å². The van der Waals surface area contributed by atoms with E-state index in [9.17, 15) is 0 Å². The summed E-state index contributed by atoms with van der Waals surface area (Å²) in [4.78, 5) is 3.93. The Morgan fingerprint density at radius 3 is 2.29 bits per heavy atom. The number of aromatic nitrogens is 2. The zero-order valence-electron chi connectivity index (χ0n) is 13.7. The number of halogens is 1. The Kier molecular flexibility index (Phi) is 4.08. The van der Waals surface area contributed by atoms with Crippen LogP contribution in [0.5, 0.6) is 0 Å². The van der Waals surface area contributed by atoms with Crippen LogP contribution >= 0.6 is 11.6 Å². The lowest BCUT2D eigenvalue weighted by molar-refractivity contribution is -0.880. The Bertz CT molecular complexity index is 855. The highest BCUT2D eigenvalue weighted by Gasteiger charge is 2.21. The first-order chi connectivity index (χ1) is 11.7. The molecular formula is C19H20ClN4+. The SMILES string of the molecule is C[NH+]1CCN(c2nnc(-c3ccc(Cl)cc3)c3ccccc23)CC1. The van der Waals surface area contributed by atoms with Crippen molar-refractivity contribution in [3.05, 3.63) is 53.6 Å². The number of hydrogen-bond acceptors (Lipinski definition) is 3. The first-order valence-corrected chi connectivity index (χ1v) is 8.68. The molecule has 1 saturated heterocycles. The molecule has 1 aliphatic rings. The Hall–Kier alpha value is -2.17. The normalized spacial score (nSPS) is 15.8. The van der Waals surface area contributed by atoms with Gasteiger partial charge in [0.25, 0.3) is 0 Å². The molecule has 1 aliphatic heterocycles. The van der Waals surface area contributed by atoms with Crippen LogP contribution in [-0.2, 0) is 0 Å². The van der Waals surface area contributed by atoms with Gasteiger partial charge in [-0.25, -0.2) is 0 Å². The van der Waals surface area contributed by atoms with Crippen molar-refractivity contribution in [2.24, 2.45) is 0 Å². The van der Waals surface area contributed by atoms with Crippen LogP contribution < -0.4 is 9.80 Å². The summed E-state index contributed by atoms with van der Waals surface area (Å²) >= 11 is 6.01. The van der Waals surface area contributed by atoms with Gasteiger partial charge in [0.05, 0.1) is 33.2 Å². The summed E-state index contributed by atoms with van der Waals surface area (Å²) in [7, 11) is 2.24. The highest BCUT2D eigenvalue weighted by Crippen LogP contribution is 2.31. The van der Waals surface area contributed by atoms with Crippen molar-refractivity contribution in [1.82, 2.24) is 10.2 Å². The number of nitrogens with one attached hydrogen (secondary N) is 1. The largest absolute Gasteiger partial charge is 0.343 e. The molecule has 4 nitrogen and oxygen atoms in total. The summed E-state index contributed by atoms with van der Waals surface area (Å²) in [6, 6.07) is 16.2. The lowest BCUT2D eigenvalue weighted by atomic mass is 10.0. The van der Waals surface area contributed by atoms with Crippen LogP contribution in [0.1, 0.15) is 0 Å². The molecule has 2 heterocycles. The summed E-state index contributed by atoms with van der Waals surface area (Å²) in [5, 5.41) is 12.2. The van der Waals surface area contributed by atoms with Gasteiger partial charge in [-0.05, 0) is 12.1 Å². The average Bonchev–Trinajstić information content (AvgIpc) is 2.62. The molecule has 0 bridgehead atoms. The molecule has 1 fully saturated rings. The maximum absolute atomic E-state index is 6.01. The van der Waals surface area contributed by atoms with Crippen LogP contribution in [0.3, 0.4) is 0 Å². The van der Waals surface area contributed by atoms with Crippen LogP contribution in [0.15, 0.2) is 48.5 Å². The monoisotopic (exact) mass is 339 g/mol. The Balaban J connectivity index is 1.81. The van der Waals surface area contributed by atoms with Crippen molar-refractivity contribution in [3.63, 3.8) is 0 Å². The first kappa shape index (κ1) is 15.4. The summed E-state index contributed by atoms with van der Waals surface area (Å²) in [5.74, 6) is 0.996. The molecule has 5 heteroatoms. The number of piperazine rings is 1. The molecule has 1 N–H and O–H groups in total. The fraction of sp³-hybridized carbons (Fsp3) is 0.263. The van der Waals surface area contributed by atoms with E-state index in [-0.39, 0.29) is 0 Å². The summed E-state index contributed by atoms with van der Waals surface area (Å²) in [6.07, 6.45) is 0. The molecular weight excluding hydrogens is 320 g/mol. The quantitative estimate of drug-likeness (QED) is 0.777. The van der Waals surface area contributed by atoms with Gasteiger partial charge < -0.3 is 9.80 Å². The maximum atomic E-state index is 6.01. The van der Waals surface area contributed by atoms with E-state index >= 15 is 0 Å². The minimum absolute atomic E-state index is 0.729. The van der Waals surface area contributed by atoms with E-state index in [4.69, 9.17) is 11.6 Å². The summed E-state index contributed by atoms with van der Waals surface area (Å²) < 4.78 is 0. The van der Waals surface area contributed by atoms with Crippen LogP contribution in [-0.4, -0.2) is 43.4 Å². The molecule has 3 aromatic rings. The van der Waals surface area contributed by atoms with Gasteiger partial charge in [-0.3, -0.25) is 0 Å². The number of anilines is 1. The standard InChI is InChI=1S/C19H19ClN4/c1-23-10-12-24(13-11-23)19-17-5-3-2-4-16(17)18(21-22-19)14-6-8-15(20)9-7-14/h2-9H,10-13H2,1H3/p+1. The van der Waals surface area contributed by atoms with E-state index in [0.717, 1.165) is 59.0 Å². The molecule has 0 unspecified atom stereocenters. The topological polar surface area (TPSA) is 33.5 Å². The van der Waals surface area contributed by atoms with Gasteiger partial charge in [-0.1, -0.05) is 48.0 Å². The van der Waals surface area contributed by atoms with Crippen molar-refractivity contribution >= 4 is 28.2 Å². The molecule has 2 aromatic carbocycles. The van der Waals surface area contributed by atoms with E-state index in [1.807, 2.05) is 24.3 Å². The van der Waals surface area contributed by atoms with Crippen molar-refractivity contribution in [1.29, 1.82) is 0 Å². The predicted molar refractivity (Wildman–Crippen MR) is 98.8 cm³/mol. The lowest BCUT2D eigenvalue weighted by Gasteiger charge is -2.31. The van der Waals surface area contributed by atoms with E-state index in [0.29, 0.717) is 0 Å². The van der Waals surface area contributed by atoms with E-state index in [1.54, 1.807) is 4.90 Å². The molecule has 0 saturated carbocycles. The Morgan fingerprint density at radius 2 is 1.58 bits per heavy atom. The van der Waals surface area contributed by atoms with Crippen molar-refractivity contribution in [2.75, 3.05) is 38.1 Å². The lowest BCUT2D eigenvalue weighted by Crippen LogP contribution is -3.12. The van der Waals surface area contributed by atoms with Gasteiger partial charge >= 0.3 is 0 Å². The van der Waals surface area contributed by atoms with E-state index in [1.165, 1.54) is 0 Å². The third-order valence-corrected chi connectivity index (χ3v) is 4.95. The summed E-state index contributed by atoms with van der Waals surface area (Å²) in [6.45, 7) is 4.31.